The zero-order valence-electron chi connectivity index (χ0n) is 29.1. The van der Waals surface area contributed by atoms with Gasteiger partial charge in [-0.25, -0.2) is 19.2 Å². The van der Waals surface area contributed by atoms with Gasteiger partial charge < -0.3 is 39.6 Å². The second kappa shape index (κ2) is 15.8. The standard InChI is InChI=1S/C31H33ClFN10O11PS/c1-12(2)25(46)40-31-39-24-18(26(47)41-31)36-11-43(24)28-19(45)21(53-29(48)13-6-4-3-5-7-13)15(52-28)9-50-55(49,56)54-20-14(8-44)51-27(16(20)33)42-10-35-17-22(34)37-30(32)38-23(17)42/h3-7,10-12,14-16,19-21,27-28,44-45H,8-9H2,1-2H3,(H,49,56)(H2,34,37,38)(H2,39,40,41,46,47)/t14-,15-,16?,19?,20+,21+,27-,28-,55?/m1/s1. The third-order valence-corrected chi connectivity index (χ3v) is 10.6. The Hall–Kier alpha value is -4.55. The van der Waals surface area contributed by atoms with Crippen molar-refractivity contribution < 1.29 is 52.3 Å². The van der Waals surface area contributed by atoms with Crippen LogP contribution in [0.2, 0.25) is 5.28 Å². The Labute approximate surface area is 324 Å². The molecule has 0 spiro atoms. The van der Waals surface area contributed by atoms with E-state index in [0.29, 0.717) is 0 Å². The number of aliphatic hydroxyl groups is 2. The third kappa shape index (κ3) is 7.74. The number of ether oxygens (including phenoxy) is 3. The minimum atomic E-state index is -4.45. The zero-order valence-corrected chi connectivity index (χ0v) is 31.5. The largest absolute Gasteiger partial charge is 0.453 e. The van der Waals surface area contributed by atoms with Crippen LogP contribution in [0.4, 0.5) is 16.2 Å². The van der Waals surface area contributed by atoms with Gasteiger partial charge in [0.05, 0.1) is 31.4 Å². The summed E-state index contributed by atoms with van der Waals surface area (Å²) in [7, 11) is 0. The number of rotatable bonds is 12. The fourth-order valence-corrected chi connectivity index (χ4v) is 7.67. The summed E-state index contributed by atoms with van der Waals surface area (Å²) in [5, 5.41) is 23.9. The number of halogens is 2. The highest BCUT2D eigenvalue weighted by molar-refractivity contribution is 8.07. The van der Waals surface area contributed by atoms with Crippen molar-refractivity contribution in [3.63, 3.8) is 0 Å². The normalized spacial score (nSPS) is 26.2. The van der Waals surface area contributed by atoms with E-state index in [0.717, 1.165) is 6.33 Å². The van der Waals surface area contributed by atoms with Gasteiger partial charge in [0.25, 0.3) is 5.56 Å². The quantitative estimate of drug-likeness (QED) is 0.0583. The Morgan fingerprint density at radius 2 is 1.73 bits per heavy atom. The maximum atomic E-state index is 16.1. The molecule has 3 unspecified atom stereocenters. The van der Waals surface area contributed by atoms with E-state index in [1.165, 1.54) is 27.6 Å². The van der Waals surface area contributed by atoms with Gasteiger partial charge in [-0.05, 0) is 35.5 Å². The highest BCUT2D eigenvalue weighted by atomic mass is 35.5. The number of carbonyl (C=O) groups excluding carboxylic acids is 2. The number of fused-ring (bicyclic) bond motifs is 2. The Balaban J connectivity index is 1.12. The first-order valence-electron chi connectivity index (χ1n) is 16.7. The van der Waals surface area contributed by atoms with E-state index in [4.69, 9.17) is 52.4 Å². The molecular formula is C31H33ClFN10O11PS. The predicted octanol–water partition coefficient (Wildman–Crippen LogP) is 1.12. The summed E-state index contributed by atoms with van der Waals surface area (Å²) < 4.78 is 47.1. The first-order valence-corrected chi connectivity index (χ1v) is 19.7. The maximum absolute atomic E-state index is 16.1. The van der Waals surface area contributed by atoms with Crippen LogP contribution in [0.25, 0.3) is 22.3 Å². The SMILES string of the molecule is CC(C)C(=O)Nc1nc2c(ncn2[C@@H]2O[C@H](COP(O)(=S)O[C@@H]3C(F)[C@H](n4cnc5c(N)nc(Cl)nc54)O[C@@H]3CO)[C@H](OC(=O)c3ccccc3)C2O)c(=O)[nH]1. The summed E-state index contributed by atoms with van der Waals surface area (Å²) in [6, 6.07) is 7.83. The average Bonchev–Trinajstić information content (AvgIpc) is 3.92. The number of nitrogens with two attached hydrogens (primary N) is 1. The summed E-state index contributed by atoms with van der Waals surface area (Å²) in [5.74, 6) is -2.01. The average molecular weight is 839 g/mol. The number of aliphatic hydroxyl groups excluding tert-OH is 2. The molecule has 0 saturated carbocycles. The van der Waals surface area contributed by atoms with Crippen molar-refractivity contribution in [1.29, 1.82) is 0 Å². The van der Waals surface area contributed by atoms with Gasteiger partial charge in [-0.2, -0.15) is 15.0 Å². The van der Waals surface area contributed by atoms with E-state index in [1.54, 1.807) is 32.0 Å². The van der Waals surface area contributed by atoms with Crippen LogP contribution in [0.5, 0.6) is 0 Å². The van der Waals surface area contributed by atoms with Crippen LogP contribution in [0, 0.1) is 5.92 Å². The molecule has 2 aliphatic heterocycles. The molecule has 4 aromatic heterocycles. The lowest BCUT2D eigenvalue weighted by molar-refractivity contribution is -0.118. The molecule has 7 rings (SSSR count). The van der Waals surface area contributed by atoms with Crippen molar-refractivity contribution in [2.24, 2.45) is 5.92 Å². The van der Waals surface area contributed by atoms with E-state index >= 15 is 4.39 Å². The smallest absolute Gasteiger partial charge is 0.338 e. The minimum absolute atomic E-state index is 0.0248. The van der Waals surface area contributed by atoms with E-state index in [1.807, 2.05) is 0 Å². The van der Waals surface area contributed by atoms with Gasteiger partial charge in [0.1, 0.15) is 29.9 Å². The third-order valence-electron chi connectivity index (χ3n) is 8.83. The Morgan fingerprint density at radius 1 is 1.07 bits per heavy atom. The molecule has 0 aliphatic carbocycles. The van der Waals surface area contributed by atoms with Crippen LogP contribution >= 0.6 is 18.3 Å². The van der Waals surface area contributed by atoms with Gasteiger partial charge in [-0.3, -0.25) is 33.5 Å². The lowest BCUT2D eigenvalue weighted by atomic mass is 10.1. The number of anilines is 2. The Bertz CT molecular complexity index is 2390. The van der Waals surface area contributed by atoms with Gasteiger partial charge in [0, 0.05) is 5.92 Å². The second-order valence-electron chi connectivity index (χ2n) is 12.9. The molecule has 56 heavy (non-hydrogen) atoms. The molecule has 6 heterocycles. The molecule has 0 bridgehead atoms. The van der Waals surface area contributed by atoms with Crippen molar-refractivity contribution in [2.75, 3.05) is 24.3 Å². The number of esters is 1. The van der Waals surface area contributed by atoms with Gasteiger partial charge >= 0.3 is 12.7 Å². The predicted molar refractivity (Wildman–Crippen MR) is 195 cm³/mol. The number of aromatic amines is 1. The molecule has 2 fully saturated rings. The molecule has 9 atom stereocenters. The number of nitrogens with one attached hydrogen (secondary N) is 2. The van der Waals surface area contributed by atoms with E-state index in [2.05, 4.69) is 35.2 Å². The van der Waals surface area contributed by atoms with Crippen molar-refractivity contribution in [2.45, 2.75) is 63.0 Å². The van der Waals surface area contributed by atoms with Gasteiger partial charge in [0.2, 0.25) is 17.1 Å². The lowest BCUT2D eigenvalue weighted by Crippen LogP contribution is -2.38. The molecular weight excluding hydrogens is 806 g/mol. The first kappa shape index (κ1) is 39.7. The number of hydrogen-bond donors (Lipinski definition) is 6. The number of hydrogen-bond acceptors (Lipinski definition) is 17. The summed E-state index contributed by atoms with van der Waals surface area (Å²) in [6.45, 7) is -2.63. The van der Waals surface area contributed by atoms with Crippen LogP contribution in [-0.4, -0.2) is 116 Å². The van der Waals surface area contributed by atoms with Crippen LogP contribution in [0.3, 0.4) is 0 Å². The number of H-pyrrole nitrogens is 1. The molecule has 298 valence electrons. The van der Waals surface area contributed by atoms with Crippen molar-refractivity contribution in [3.8, 4) is 0 Å². The number of nitrogen functional groups attached to an aromatic ring is 1. The molecule has 1 amide bonds. The molecule has 7 N–H and O–H groups in total. The number of amides is 1. The second-order valence-corrected chi connectivity index (χ2v) is 16.0. The fourth-order valence-electron chi connectivity index (χ4n) is 6.07. The van der Waals surface area contributed by atoms with Crippen molar-refractivity contribution in [3.05, 3.63) is 64.2 Å². The maximum Gasteiger partial charge on any atom is 0.338 e. The Kier molecular flexibility index (Phi) is 11.2. The number of nitrogens with zero attached hydrogens (tertiary/aromatic N) is 7. The number of carbonyl (C=O) groups is 2. The van der Waals surface area contributed by atoms with E-state index in [9.17, 15) is 29.5 Å². The van der Waals surface area contributed by atoms with Crippen LogP contribution in [0.15, 0.2) is 47.8 Å². The summed E-state index contributed by atoms with van der Waals surface area (Å²) in [4.78, 5) is 72.3. The van der Waals surface area contributed by atoms with Gasteiger partial charge in [-0.15, -0.1) is 0 Å². The molecule has 21 nitrogen and oxygen atoms in total. The monoisotopic (exact) mass is 838 g/mol. The van der Waals surface area contributed by atoms with Crippen LogP contribution < -0.4 is 16.6 Å². The molecule has 25 heteroatoms. The highest BCUT2D eigenvalue weighted by Gasteiger charge is 2.51. The number of imidazole rings is 2. The van der Waals surface area contributed by atoms with Crippen LogP contribution in [-0.2, 0) is 39.9 Å². The Morgan fingerprint density at radius 3 is 2.43 bits per heavy atom. The van der Waals surface area contributed by atoms with Crippen molar-refractivity contribution >= 4 is 76.1 Å². The molecule has 1 aromatic carbocycles. The highest BCUT2D eigenvalue weighted by Crippen LogP contribution is 2.50. The summed E-state index contributed by atoms with van der Waals surface area (Å²) >= 11 is 11.2. The van der Waals surface area contributed by atoms with Gasteiger partial charge in [0.15, 0.2) is 47.4 Å². The van der Waals surface area contributed by atoms with Crippen molar-refractivity contribution in [1.82, 2.24) is 39.0 Å². The number of aromatic nitrogens is 8. The zero-order chi connectivity index (χ0) is 40.1. The fraction of sp³-hybridized carbons (Fsp3) is 0.419. The molecule has 2 saturated heterocycles. The molecule has 2 aliphatic rings. The number of benzene rings is 1. The van der Waals surface area contributed by atoms with Gasteiger partial charge in [-0.1, -0.05) is 32.0 Å². The minimum Gasteiger partial charge on any atom is -0.453 e. The summed E-state index contributed by atoms with van der Waals surface area (Å²) in [6.07, 6.45) is -10.3. The first-order chi connectivity index (χ1) is 26.6. The summed E-state index contributed by atoms with van der Waals surface area (Å²) in [5.41, 5.74) is 5.14. The van der Waals surface area contributed by atoms with E-state index < -0.39 is 92.4 Å². The number of alkyl halides is 1. The lowest BCUT2D eigenvalue weighted by Gasteiger charge is -2.26. The topological polar surface area (TPSA) is 286 Å². The molecule has 0 radical (unpaired) electrons. The van der Waals surface area contributed by atoms with E-state index in [-0.39, 0.29) is 44.9 Å². The molecule has 5 aromatic rings. The van der Waals surface area contributed by atoms with Crippen LogP contribution in [0.1, 0.15) is 36.7 Å².